The predicted octanol–water partition coefficient (Wildman–Crippen LogP) is 0.217. The Labute approximate surface area is 67.8 Å². The third kappa shape index (κ3) is 1.93. The van der Waals surface area contributed by atoms with Gasteiger partial charge < -0.3 is 10.2 Å². The highest BCUT2D eigenvalue weighted by atomic mass is 16.2. The average Bonchev–Trinajstić information content (AvgIpc) is 1.84. The molecule has 1 heterocycles. The van der Waals surface area contributed by atoms with Crippen LogP contribution in [-0.2, 0) is 4.79 Å². The van der Waals surface area contributed by atoms with Crippen molar-refractivity contribution >= 4 is 5.91 Å². The van der Waals surface area contributed by atoms with Crippen molar-refractivity contribution in [3.05, 3.63) is 0 Å². The van der Waals surface area contributed by atoms with E-state index in [2.05, 4.69) is 12.2 Å². The highest BCUT2D eigenvalue weighted by molar-refractivity contribution is 5.82. The number of hydrogen-bond donors (Lipinski definition) is 1. The first kappa shape index (κ1) is 8.53. The van der Waals surface area contributed by atoms with E-state index in [-0.39, 0.29) is 11.9 Å². The topological polar surface area (TPSA) is 32.3 Å². The first-order valence-electron chi connectivity index (χ1n) is 4.24. The fraction of sp³-hybridized carbons (Fsp3) is 0.875. The van der Waals surface area contributed by atoms with Crippen LogP contribution in [-0.4, -0.2) is 37.0 Å². The molecule has 0 aromatic rings. The molecule has 1 aliphatic rings. The largest absolute Gasteiger partial charge is 0.344 e. The van der Waals surface area contributed by atoms with Gasteiger partial charge in [0.15, 0.2) is 0 Å². The zero-order valence-electron chi connectivity index (χ0n) is 7.26. The van der Waals surface area contributed by atoms with E-state index >= 15 is 0 Å². The molecule has 1 fully saturated rings. The molecule has 0 aliphatic carbocycles. The Morgan fingerprint density at radius 2 is 2.36 bits per heavy atom. The molecule has 0 radical (unpaired) electrons. The highest BCUT2D eigenvalue weighted by Gasteiger charge is 2.26. The zero-order valence-corrected chi connectivity index (χ0v) is 7.26. The number of carbonyl (C=O) groups excluding carboxylic acids is 1. The summed E-state index contributed by atoms with van der Waals surface area (Å²) >= 11 is 0. The Morgan fingerprint density at radius 1 is 1.73 bits per heavy atom. The third-order valence-electron chi connectivity index (χ3n) is 2.06. The lowest BCUT2D eigenvalue weighted by Gasteiger charge is -2.30. The van der Waals surface area contributed by atoms with Gasteiger partial charge in [-0.2, -0.15) is 0 Å². The number of nitrogens with zero attached hydrogens (tertiary/aromatic N) is 1. The van der Waals surface area contributed by atoms with Crippen molar-refractivity contribution in [3.8, 4) is 0 Å². The maximum atomic E-state index is 11.4. The number of amides is 1. The molecular weight excluding hydrogens is 140 g/mol. The molecule has 3 heteroatoms. The summed E-state index contributed by atoms with van der Waals surface area (Å²) in [6.07, 6.45) is 2.04. The van der Waals surface area contributed by atoms with Gasteiger partial charge in [-0.1, -0.05) is 6.92 Å². The van der Waals surface area contributed by atoms with E-state index in [0.29, 0.717) is 0 Å². The van der Waals surface area contributed by atoms with Crippen molar-refractivity contribution in [1.29, 1.82) is 0 Å². The Morgan fingerprint density at radius 3 is 2.73 bits per heavy atom. The SMILES string of the molecule is CCCN(C)C(=O)[C@H]1CCN1. The van der Waals surface area contributed by atoms with Crippen molar-refractivity contribution in [2.45, 2.75) is 25.8 Å². The minimum Gasteiger partial charge on any atom is -0.344 e. The van der Waals surface area contributed by atoms with E-state index in [1.165, 1.54) is 0 Å². The summed E-state index contributed by atoms with van der Waals surface area (Å²) < 4.78 is 0. The maximum absolute atomic E-state index is 11.4. The van der Waals surface area contributed by atoms with Crippen LogP contribution in [0.1, 0.15) is 19.8 Å². The normalized spacial score (nSPS) is 22.5. The molecule has 3 nitrogen and oxygen atoms in total. The molecule has 11 heavy (non-hydrogen) atoms. The van der Waals surface area contributed by atoms with Crippen molar-refractivity contribution < 1.29 is 4.79 Å². The van der Waals surface area contributed by atoms with E-state index in [1.54, 1.807) is 4.90 Å². The van der Waals surface area contributed by atoms with Crippen LogP contribution in [0.5, 0.6) is 0 Å². The molecule has 0 aromatic carbocycles. The minimum atomic E-state index is 0.117. The van der Waals surface area contributed by atoms with Gasteiger partial charge in [-0.3, -0.25) is 4.79 Å². The van der Waals surface area contributed by atoms with Crippen molar-refractivity contribution in [3.63, 3.8) is 0 Å². The smallest absolute Gasteiger partial charge is 0.239 e. The molecule has 0 bridgehead atoms. The van der Waals surface area contributed by atoms with E-state index in [0.717, 1.165) is 25.9 Å². The van der Waals surface area contributed by atoms with Crippen LogP contribution in [0.3, 0.4) is 0 Å². The van der Waals surface area contributed by atoms with Crippen LogP contribution in [0, 0.1) is 0 Å². The molecule has 1 atom stereocenters. The Hall–Kier alpha value is -0.570. The third-order valence-corrected chi connectivity index (χ3v) is 2.06. The van der Waals surface area contributed by atoms with Crippen LogP contribution >= 0.6 is 0 Å². The standard InChI is InChI=1S/C8H16N2O/c1-3-6-10(2)8(11)7-4-5-9-7/h7,9H,3-6H2,1-2H3/t7-/m1/s1. The molecule has 0 spiro atoms. The van der Waals surface area contributed by atoms with Gasteiger partial charge in [-0.05, 0) is 19.4 Å². The molecule has 0 saturated carbocycles. The van der Waals surface area contributed by atoms with Gasteiger partial charge in [0, 0.05) is 13.6 Å². The van der Waals surface area contributed by atoms with Crippen molar-refractivity contribution in [1.82, 2.24) is 10.2 Å². The summed E-state index contributed by atoms with van der Waals surface area (Å²) in [6, 6.07) is 0.117. The number of rotatable bonds is 3. The van der Waals surface area contributed by atoms with Gasteiger partial charge in [-0.15, -0.1) is 0 Å². The second-order valence-electron chi connectivity index (χ2n) is 3.06. The number of hydrogen-bond acceptors (Lipinski definition) is 2. The summed E-state index contributed by atoms with van der Waals surface area (Å²) in [7, 11) is 1.87. The minimum absolute atomic E-state index is 0.117. The molecule has 1 aliphatic heterocycles. The summed E-state index contributed by atoms with van der Waals surface area (Å²) in [4.78, 5) is 13.2. The van der Waals surface area contributed by atoms with E-state index < -0.39 is 0 Å². The molecule has 0 aromatic heterocycles. The number of nitrogens with one attached hydrogen (secondary N) is 1. The van der Waals surface area contributed by atoms with Crippen LogP contribution in [0.2, 0.25) is 0 Å². The molecule has 1 N–H and O–H groups in total. The van der Waals surface area contributed by atoms with Gasteiger partial charge in [-0.25, -0.2) is 0 Å². The summed E-state index contributed by atoms with van der Waals surface area (Å²) in [5, 5.41) is 3.09. The Balaban J connectivity index is 2.27. The van der Waals surface area contributed by atoms with Gasteiger partial charge in [0.2, 0.25) is 5.91 Å². The molecular formula is C8H16N2O. The first-order chi connectivity index (χ1) is 5.25. The Bertz CT molecular complexity index is 143. The zero-order chi connectivity index (χ0) is 8.27. The molecule has 1 rings (SSSR count). The Kier molecular flexibility index (Phi) is 2.88. The predicted molar refractivity (Wildman–Crippen MR) is 44.3 cm³/mol. The van der Waals surface area contributed by atoms with Gasteiger partial charge in [0.1, 0.15) is 0 Å². The molecule has 1 saturated heterocycles. The lowest BCUT2D eigenvalue weighted by atomic mass is 10.1. The highest BCUT2D eigenvalue weighted by Crippen LogP contribution is 2.05. The summed E-state index contributed by atoms with van der Waals surface area (Å²) in [6.45, 7) is 3.95. The number of likely N-dealkylation sites (N-methyl/N-ethyl adjacent to an activating group) is 1. The van der Waals surface area contributed by atoms with Crippen molar-refractivity contribution in [2.75, 3.05) is 20.1 Å². The second-order valence-corrected chi connectivity index (χ2v) is 3.06. The van der Waals surface area contributed by atoms with E-state index in [1.807, 2.05) is 7.05 Å². The van der Waals surface area contributed by atoms with E-state index in [4.69, 9.17) is 0 Å². The quantitative estimate of drug-likeness (QED) is 0.634. The van der Waals surface area contributed by atoms with Crippen LogP contribution in [0.15, 0.2) is 0 Å². The fourth-order valence-electron chi connectivity index (χ4n) is 1.21. The monoisotopic (exact) mass is 156 g/mol. The molecule has 1 amide bonds. The number of carbonyl (C=O) groups is 1. The first-order valence-corrected chi connectivity index (χ1v) is 4.24. The van der Waals surface area contributed by atoms with Gasteiger partial charge in [0.25, 0.3) is 0 Å². The fourth-order valence-corrected chi connectivity index (χ4v) is 1.21. The lowest BCUT2D eigenvalue weighted by Crippen LogP contribution is -2.53. The van der Waals surface area contributed by atoms with Crippen LogP contribution in [0.25, 0.3) is 0 Å². The van der Waals surface area contributed by atoms with Gasteiger partial charge in [0.05, 0.1) is 6.04 Å². The van der Waals surface area contributed by atoms with Crippen molar-refractivity contribution in [2.24, 2.45) is 0 Å². The van der Waals surface area contributed by atoms with E-state index in [9.17, 15) is 4.79 Å². The molecule has 64 valence electrons. The van der Waals surface area contributed by atoms with Crippen LogP contribution < -0.4 is 5.32 Å². The van der Waals surface area contributed by atoms with Gasteiger partial charge >= 0.3 is 0 Å². The molecule has 0 unspecified atom stereocenters. The average molecular weight is 156 g/mol. The second kappa shape index (κ2) is 3.72. The summed E-state index contributed by atoms with van der Waals surface area (Å²) in [5.41, 5.74) is 0. The summed E-state index contributed by atoms with van der Waals surface area (Å²) in [5.74, 6) is 0.248. The lowest BCUT2D eigenvalue weighted by molar-refractivity contribution is -0.133. The van der Waals surface area contributed by atoms with Crippen LogP contribution in [0.4, 0.5) is 0 Å². The maximum Gasteiger partial charge on any atom is 0.239 e.